The van der Waals surface area contributed by atoms with Crippen LogP contribution in [-0.2, 0) is 14.2 Å². The average molecular weight is 421 g/mol. The molecule has 1 aromatic carbocycles. The molecule has 8 heteroatoms. The average Bonchev–Trinajstić information content (AvgIpc) is 2.97. The Balaban J connectivity index is 2.08. The number of amides is 2. The van der Waals surface area contributed by atoms with Crippen molar-refractivity contribution in [3.05, 3.63) is 35.4 Å². The lowest BCUT2D eigenvalue weighted by Crippen LogP contribution is -2.51. The van der Waals surface area contributed by atoms with Crippen LogP contribution in [0.3, 0.4) is 0 Å². The first-order valence-corrected chi connectivity index (χ1v) is 10.0. The van der Waals surface area contributed by atoms with E-state index in [9.17, 15) is 14.4 Å². The fourth-order valence-electron chi connectivity index (χ4n) is 3.08. The first-order valence-electron chi connectivity index (χ1n) is 10.0. The van der Waals surface area contributed by atoms with Crippen LogP contribution in [0.2, 0.25) is 0 Å². The van der Waals surface area contributed by atoms with Gasteiger partial charge in [0, 0.05) is 19.2 Å². The van der Waals surface area contributed by atoms with Crippen LogP contribution in [0.15, 0.2) is 24.3 Å². The van der Waals surface area contributed by atoms with Gasteiger partial charge in [0.2, 0.25) is 0 Å². The van der Waals surface area contributed by atoms with Gasteiger partial charge < -0.3 is 19.1 Å². The normalized spacial score (nSPS) is 18.1. The number of nitrogens with zero attached hydrogens (tertiary/aromatic N) is 2. The Morgan fingerprint density at radius 1 is 1.23 bits per heavy atom. The number of carbonyl (C=O) groups excluding carboxylic acids is 3. The maximum Gasteiger partial charge on any atom is 0.413 e. The highest BCUT2D eigenvalue weighted by Crippen LogP contribution is 2.29. The van der Waals surface area contributed by atoms with Gasteiger partial charge in [-0.25, -0.2) is 9.59 Å². The summed E-state index contributed by atoms with van der Waals surface area (Å²) >= 11 is 0. The summed E-state index contributed by atoms with van der Waals surface area (Å²) in [6, 6.07) is 5.92. The lowest BCUT2D eigenvalue weighted by molar-refractivity contribution is -0.0647. The maximum atomic E-state index is 12.7. The Morgan fingerprint density at radius 2 is 1.87 bits per heavy atom. The molecular weight excluding hydrogens is 388 g/mol. The highest BCUT2D eigenvalue weighted by Gasteiger charge is 2.46. The summed E-state index contributed by atoms with van der Waals surface area (Å²) in [5.74, 6) is -0.744. The van der Waals surface area contributed by atoms with E-state index in [0.29, 0.717) is 12.1 Å². The zero-order valence-electron chi connectivity index (χ0n) is 18.9. The third-order valence-electron chi connectivity index (χ3n) is 4.74. The summed E-state index contributed by atoms with van der Waals surface area (Å²) in [6.07, 6.45) is -0.527. The van der Waals surface area contributed by atoms with E-state index in [1.807, 2.05) is 6.92 Å². The van der Waals surface area contributed by atoms with Gasteiger partial charge >= 0.3 is 12.1 Å². The molecule has 1 atom stereocenters. The van der Waals surface area contributed by atoms with Crippen molar-refractivity contribution in [1.82, 2.24) is 9.80 Å². The molecule has 2 rings (SSSR count). The van der Waals surface area contributed by atoms with Crippen LogP contribution in [0.4, 0.5) is 4.79 Å². The Bertz CT molecular complexity index is 799. The molecule has 0 radical (unpaired) electrons. The molecule has 1 heterocycles. The molecule has 166 valence electrons. The van der Waals surface area contributed by atoms with E-state index in [1.54, 1.807) is 64.8 Å². The van der Waals surface area contributed by atoms with Crippen LogP contribution in [0, 0.1) is 0 Å². The predicted octanol–water partition coefficient (Wildman–Crippen LogP) is 3.31. The van der Waals surface area contributed by atoms with Crippen molar-refractivity contribution < 1.29 is 28.6 Å². The molecule has 30 heavy (non-hydrogen) atoms. The van der Waals surface area contributed by atoms with Crippen LogP contribution in [0.5, 0.6) is 0 Å². The molecule has 1 fully saturated rings. The van der Waals surface area contributed by atoms with Gasteiger partial charge in [0.25, 0.3) is 5.91 Å². The molecule has 0 spiro atoms. The predicted molar refractivity (Wildman–Crippen MR) is 111 cm³/mol. The minimum Gasteiger partial charge on any atom is -0.460 e. The van der Waals surface area contributed by atoms with Crippen LogP contribution in [0.1, 0.15) is 62.3 Å². The fraction of sp³-hybridized carbons (Fsp3) is 0.591. The second kappa shape index (κ2) is 9.04. The Labute approximate surface area is 178 Å². The monoisotopic (exact) mass is 420 g/mol. The van der Waals surface area contributed by atoms with Gasteiger partial charge in [0.15, 0.2) is 0 Å². The van der Waals surface area contributed by atoms with E-state index in [4.69, 9.17) is 14.2 Å². The number of rotatable bonds is 5. The van der Waals surface area contributed by atoms with E-state index in [0.717, 1.165) is 0 Å². The van der Waals surface area contributed by atoms with E-state index >= 15 is 0 Å². The minimum atomic E-state index is -0.878. The number of ether oxygens (including phenoxy) is 3. The number of esters is 1. The summed E-state index contributed by atoms with van der Waals surface area (Å²) in [5, 5.41) is 0. The van der Waals surface area contributed by atoms with E-state index < -0.39 is 29.4 Å². The van der Waals surface area contributed by atoms with Crippen molar-refractivity contribution in [3.8, 4) is 0 Å². The molecule has 0 aromatic heterocycles. The summed E-state index contributed by atoms with van der Waals surface area (Å²) in [7, 11) is 1.69. The first kappa shape index (κ1) is 23.7. The Hall–Kier alpha value is -2.61. The quantitative estimate of drug-likeness (QED) is 0.680. The minimum absolute atomic E-state index is 0.0471. The molecule has 1 aliphatic heterocycles. The summed E-state index contributed by atoms with van der Waals surface area (Å²) in [5.41, 5.74) is -0.853. The van der Waals surface area contributed by atoms with E-state index in [2.05, 4.69) is 0 Å². The third-order valence-corrected chi connectivity index (χ3v) is 4.74. The number of benzene rings is 1. The lowest BCUT2D eigenvalue weighted by Gasteiger charge is -2.34. The van der Waals surface area contributed by atoms with Gasteiger partial charge in [-0.15, -0.1) is 0 Å². The van der Waals surface area contributed by atoms with Crippen LogP contribution < -0.4 is 0 Å². The van der Waals surface area contributed by atoms with E-state index in [1.165, 1.54) is 11.0 Å². The third kappa shape index (κ3) is 5.72. The van der Waals surface area contributed by atoms with Gasteiger partial charge in [-0.2, -0.15) is 0 Å². The Morgan fingerprint density at radius 3 is 2.47 bits per heavy atom. The fourth-order valence-corrected chi connectivity index (χ4v) is 3.08. The second-order valence-electron chi connectivity index (χ2n) is 8.76. The topological polar surface area (TPSA) is 85.4 Å². The SMILES string of the molecule is CCN(C)C(=O)c1cccc(C(=O)OC[C@H]2COC(C)(C)N2C(=O)OC(C)(C)C)c1. The summed E-state index contributed by atoms with van der Waals surface area (Å²) < 4.78 is 16.6. The molecule has 0 bridgehead atoms. The van der Waals surface area contributed by atoms with Crippen molar-refractivity contribution in [2.24, 2.45) is 0 Å². The zero-order chi connectivity index (χ0) is 22.7. The molecule has 0 unspecified atom stereocenters. The standard InChI is InChI=1S/C22H32N2O6/c1-8-23(7)18(25)15-10-9-11-16(12-15)19(26)28-13-17-14-29-22(5,6)24(17)20(27)30-21(2,3)4/h9-12,17H,8,13-14H2,1-7H3/t17-/m0/s1. The van der Waals surface area contributed by atoms with Crippen molar-refractivity contribution in [1.29, 1.82) is 0 Å². The van der Waals surface area contributed by atoms with Crippen molar-refractivity contribution in [2.75, 3.05) is 26.8 Å². The van der Waals surface area contributed by atoms with Gasteiger partial charge in [-0.05, 0) is 59.7 Å². The molecule has 1 aromatic rings. The first-order chi connectivity index (χ1) is 13.9. The summed E-state index contributed by atoms with van der Waals surface area (Å²) in [6.45, 7) is 11.5. The van der Waals surface area contributed by atoms with E-state index in [-0.39, 0.29) is 24.7 Å². The van der Waals surface area contributed by atoms with Gasteiger partial charge in [0.05, 0.1) is 18.2 Å². The van der Waals surface area contributed by atoms with Crippen LogP contribution in [-0.4, -0.2) is 71.9 Å². The van der Waals surface area contributed by atoms with Crippen LogP contribution >= 0.6 is 0 Å². The molecule has 0 saturated carbocycles. The van der Waals surface area contributed by atoms with Gasteiger partial charge in [0.1, 0.15) is 17.9 Å². The number of hydrogen-bond acceptors (Lipinski definition) is 6. The lowest BCUT2D eigenvalue weighted by atomic mass is 10.1. The highest BCUT2D eigenvalue weighted by molar-refractivity contribution is 5.97. The largest absolute Gasteiger partial charge is 0.460 e. The molecule has 1 aliphatic rings. The highest BCUT2D eigenvalue weighted by atomic mass is 16.6. The van der Waals surface area contributed by atoms with Gasteiger partial charge in [-0.3, -0.25) is 9.69 Å². The van der Waals surface area contributed by atoms with Crippen LogP contribution in [0.25, 0.3) is 0 Å². The van der Waals surface area contributed by atoms with Crippen molar-refractivity contribution >= 4 is 18.0 Å². The molecule has 0 N–H and O–H groups in total. The van der Waals surface area contributed by atoms with Gasteiger partial charge in [-0.1, -0.05) is 6.07 Å². The van der Waals surface area contributed by atoms with Crippen molar-refractivity contribution in [2.45, 2.75) is 58.9 Å². The molecule has 0 aliphatic carbocycles. The summed E-state index contributed by atoms with van der Waals surface area (Å²) in [4.78, 5) is 40.6. The molecule has 1 saturated heterocycles. The number of hydrogen-bond donors (Lipinski definition) is 0. The number of carbonyl (C=O) groups is 3. The Kier molecular flexibility index (Phi) is 7.13. The molecule has 8 nitrogen and oxygen atoms in total. The second-order valence-corrected chi connectivity index (χ2v) is 8.76. The van der Waals surface area contributed by atoms with Crippen molar-refractivity contribution in [3.63, 3.8) is 0 Å². The zero-order valence-corrected chi connectivity index (χ0v) is 18.9. The molecular formula is C22H32N2O6. The molecule has 2 amide bonds. The smallest absolute Gasteiger partial charge is 0.413 e. The maximum absolute atomic E-state index is 12.7.